The Morgan fingerprint density at radius 1 is 1.15 bits per heavy atom. The Labute approximate surface area is 158 Å². The minimum Gasteiger partial charge on any atom is -0.433 e. The Kier molecular flexibility index (Phi) is 6.02. The van der Waals surface area contributed by atoms with Gasteiger partial charge in [0.05, 0.1) is 10.9 Å². The van der Waals surface area contributed by atoms with Crippen LogP contribution in [0, 0.1) is 0 Å². The standard InChI is InChI=1S/C18H16F2N4O2S/c1-12(16(25)22-14-9-5-6-10-15(14)26-17(19)20)27-18-23-21-11-24(18)13-7-3-2-4-8-13/h2-12,17H,1H3,(H,22,25). The van der Waals surface area contributed by atoms with Gasteiger partial charge in [0.25, 0.3) is 0 Å². The van der Waals surface area contributed by atoms with Crippen LogP contribution in [0.2, 0.25) is 0 Å². The lowest BCUT2D eigenvalue weighted by atomic mass is 10.3. The molecule has 0 radical (unpaired) electrons. The van der Waals surface area contributed by atoms with Crippen LogP contribution in [0.4, 0.5) is 14.5 Å². The van der Waals surface area contributed by atoms with E-state index in [0.29, 0.717) is 5.16 Å². The van der Waals surface area contributed by atoms with Crippen LogP contribution in [0.1, 0.15) is 6.92 Å². The number of anilines is 1. The van der Waals surface area contributed by atoms with Crippen molar-refractivity contribution in [2.45, 2.75) is 23.9 Å². The zero-order valence-electron chi connectivity index (χ0n) is 14.3. The number of hydrogen-bond donors (Lipinski definition) is 1. The fourth-order valence-corrected chi connectivity index (χ4v) is 3.13. The highest BCUT2D eigenvalue weighted by molar-refractivity contribution is 8.00. The highest BCUT2D eigenvalue weighted by Crippen LogP contribution is 2.28. The zero-order valence-corrected chi connectivity index (χ0v) is 15.1. The van der Waals surface area contributed by atoms with Crippen molar-refractivity contribution < 1.29 is 18.3 Å². The van der Waals surface area contributed by atoms with Crippen molar-refractivity contribution in [2.24, 2.45) is 0 Å². The molecule has 27 heavy (non-hydrogen) atoms. The molecule has 0 aliphatic carbocycles. The van der Waals surface area contributed by atoms with Crippen molar-refractivity contribution in [3.05, 3.63) is 60.9 Å². The number of benzene rings is 2. The van der Waals surface area contributed by atoms with Gasteiger partial charge in [0.15, 0.2) is 5.16 Å². The van der Waals surface area contributed by atoms with Gasteiger partial charge in [-0.25, -0.2) is 0 Å². The maximum absolute atomic E-state index is 12.5. The van der Waals surface area contributed by atoms with Crippen molar-refractivity contribution in [1.29, 1.82) is 0 Å². The molecule has 9 heteroatoms. The maximum Gasteiger partial charge on any atom is 0.387 e. The molecule has 0 fully saturated rings. The number of aromatic nitrogens is 3. The van der Waals surface area contributed by atoms with Crippen LogP contribution in [0.15, 0.2) is 66.1 Å². The van der Waals surface area contributed by atoms with Crippen molar-refractivity contribution in [1.82, 2.24) is 14.8 Å². The lowest BCUT2D eigenvalue weighted by Crippen LogP contribution is -2.23. The Morgan fingerprint density at radius 3 is 2.59 bits per heavy atom. The van der Waals surface area contributed by atoms with E-state index in [9.17, 15) is 13.6 Å². The highest BCUT2D eigenvalue weighted by Gasteiger charge is 2.20. The van der Waals surface area contributed by atoms with Gasteiger partial charge in [-0.2, -0.15) is 8.78 Å². The zero-order chi connectivity index (χ0) is 19.2. The minimum atomic E-state index is -2.97. The van der Waals surface area contributed by atoms with Crippen molar-refractivity contribution in [2.75, 3.05) is 5.32 Å². The first-order valence-electron chi connectivity index (χ1n) is 8.01. The summed E-state index contributed by atoms with van der Waals surface area (Å²) >= 11 is 1.21. The van der Waals surface area contributed by atoms with E-state index in [1.807, 2.05) is 30.3 Å². The Bertz CT molecular complexity index is 905. The van der Waals surface area contributed by atoms with Crippen LogP contribution in [-0.4, -0.2) is 32.5 Å². The quantitative estimate of drug-likeness (QED) is 0.618. The summed E-state index contributed by atoms with van der Waals surface area (Å²) in [6.45, 7) is -1.28. The smallest absolute Gasteiger partial charge is 0.387 e. The maximum atomic E-state index is 12.5. The van der Waals surface area contributed by atoms with Crippen LogP contribution < -0.4 is 10.1 Å². The molecule has 3 aromatic rings. The van der Waals surface area contributed by atoms with Gasteiger partial charge in [0.1, 0.15) is 12.1 Å². The molecule has 1 N–H and O–H groups in total. The number of carbonyl (C=O) groups excluding carboxylic acids is 1. The summed E-state index contributed by atoms with van der Waals surface area (Å²) in [5.41, 5.74) is 1.05. The highest BCUT2D eigenvalue weighted by atomic mass is 32.2. The lowest BCUT2D eigenvalue weighted by Gasteiger charge is -2.15. The van der Waals surface area contributed by atoms with Crippen LogP contribution in [-0.2, 0) is 4.79 Å². The van der Waals surface area contributed by atoms with E-state index >= 15 is 0 Å². The molecular formula is C18H16F2N4O2S. The summed E-state index contributed by atoms with van der Waals surface area (Å²) in [7, 11) is 0. The number of halogens is 2. The average molecular weight is 390 g/mol. The number of nitrogens with zero attached hydrogens (tertiary/aromatic N) is 3. The van der Waals surface area contributed by atoms with Gasteiger partial charge in [-0.15, -0.1) is 10.2 Å². The van der Waals surface area contributed by atoms with E-state index in [-0.39, 0.29) is 17.3 Å². The molecule has 3 rings (SSSR count). The van der Waals surface area contributed by atoms with Gasteiger partial charge in [-0.3, -0.25) is 9.36 Å². The molecule has 1 atom stereocenters. The molecule has 6 nitrogen and oxygen atoms in total. The van der Waals surface area contributed by atoms with Crippen molar-refractivity contribution in [3.63, 3.8) is 0 Å². The van der Waals surface area contributed by atoms with Gasteiger partial charge in [0.2, 0.25) is 5.91 Å². The number of para-hydroxylation sites is 3. The number of thioether (sulfide) groups is 1. The monoisotopic (exact) mass is 390 g/mol. The third-order valence-corrected chi connectivity index (χ3v) is 4.62. The summed E-state index contributed by atoms with van der Waals surface area (Å²) in [5.74, 6) is -0.460. The van der Waals surface area contributed by atoms with Gasteiger partial charge < -0.3 is 10.1 Å². The van der Waals surface area contributed by atoms with E-state index in [1.54, 1.807) is 30.0 Å². The fraction of sp³-hybridized carbons (Fsp3) is 0.167. The summed E-state index contributed by atoms with van der Waals surface area (Å²) in [6, 6.07) is 15.5. The predicted molar refractivity (Wildman–Crippen MR) is 98.4 cm³/mol. The third kappa shape index (κ3) is 4.82. The molecule has 1 unspecified atom stereocenters. The Balaban J connectivity index is 1.70. The molecular weight excluding hydrogens is 374 g/mol. The largest absolute Gasteiger partial charge is 0.433 e. The van der Waals surface area contributed by atoms with E-state index < -0.39 is 11.9 Å². The molecule has 0 saturated heterocycles. The van der Waals surface area contributed by atoms with Gasteiger partial charge in [-0.1, -0.05) is 42.1 Å². The number of ether oxygens (including phenoxy) is 1. The molecule has 0 spiro atoms. The normalized spacial score (nSPS) is 12.0. The molecule has 0 aliphatic heterocycles. The van der Waals surface area contributed by atoms with Crippen LogP contribution in [0.3, 0.4) is 0 Å². The summed E-state index contributed by atoms with van der Waals surface area (Å²) in [6.07, 6.45) is 1.56. The molecule has 0 saturated carbocycles. The van der Waals surface area contributed by atoms with Gasteiger partial charge >= 0.3 is 6.61 Å². The first kappa shape index (κ1) is 18.8. The van der Waals surface area contributed by atoms with Crippen molar-refractivity contribution >= 4 is 23.4 Å². The predicted octanol–water partition coefficient (Wildman–Crippen LogP) is 3.99. The second kappa shape index (κ2) is 8.63. The van der Waals surface area contributed by atoms with Gasteiger partial charge in [-0.05, 0) is 31.2 Å². The van der Waals surface area contributed by atoms with Gasteiger partial charge in [0, 0.05) is 5.69 Å². The second-order valence-corrected chi connectivity index (χ2v) is 6.75. The summed E-state index contributed by atoms with van der Waals surface area (Å²) in [5, 5.41) is 10.6. The van der Waals surface area contributed by atoms with E-state index in [1.165, 1.54) is 23.9 Å². The van der Waals surface area contributed by atoms with E-state index in [2.05, 4.69) is 20.3 Å². The number of amides is 1. The molecule has 140 valence electrons. The molecule has 2 aromatic carbocycles. The Hall–Kier alpha value is -2.94. The molecule has 1 amide bonds. The van der Waals surface area contributed by atoms with Crippen molar-refractivity contribution in [3.8, 4) is 11.4 Å². The lowest BCUT2D eigenvalue weighted by molar-refractivity contribution is -0.115. The minimum absolute atomic E-state index is 0.0921. The summed E-state index contributed by atoms with van der Waals surface area (Å²) < 4.78 is 31.2. The Morgan fingerprint density at radius 2 is 1.85 bits per heavy atom. The number of alkyl halides is 2. The van der Waals surface area contributed by atoms with Crippen LogP contribution in [0.5, 0.6) is 5.75 Å². The SMILES string of the molecule is CC(Sc1nncn1-c1ccccc1)C(=O)Nc1ccccc1OC(F)F. The van der Waals surface area contributed by atoms with E-state index in [4.69, 9.17) is 0 Å². The summed E-state index contributed by atoms with van der Waals surface area (Å²) in [4.78, 5) is 12.5. The van der Waals surface area contributed by atoms with Crippen LogP contribution >= 0.6 is 11.8 Å². The molecule has 0 aliphatic rings. The number of nitrogens with one attached hydrogen (secondary N) is 1. The number of rotatable bonds is 7. The van der Waals surface area contributed by atoms with Crippen LogP contribution in [0.25, 0.3) is 5.69 Å². The van der Waals surface area contributed by atoms with E-state index in [0.717, 1.165) is 5.69 Å². The molecule has 0 bridgehead atoms. The molecule has 1 aromatic heterocycles. The second-order valence-electron chi connectivity index (χ2n) is 5.44. The topological polar surface area (TPSA) is 69.0 Å². The first-order valence-corrected chi connectivity index (χ1v) is 8.89. The number of hydrogen-bond acceptors (Lipinski definition) is 5. The fourth-order valence-electron chi connectivity index (χ4n) is 2.29. The average Bonchev–Trinajstić information content (AvgIpc) is 3.11. The molecule has 1 heterocycles. The third-order valence-electron chi connectivity index (χ3n) is 3.56. The first-order chi connectivity index (χ1) is 13.0. The number of carbonyl (C=O) groups is 1.